The molecule has 2 N–H and O–H groups in total. The highest BCUT2D eigenvalue weighted by Crippen LogP contribution is 2.37. The molecule has 6 heteroatoms. The third-order valence-corrected chi connectivity index (χ3v) is 4.25. The second-order valence-electron chi connectivity index (χ2n) is 6.26. The summed E-state index contributed by atoms with van der Waals surface area (Å²) in [6, 6.07) is 8.96. The zero-order chi connectivity index (χ0) is 21.4. The Labute approximate surface area is 169 Å². The summed E-state index contributed by atoms with van der Waals surface area (Å²) < 4.78 is 11.3. The Kier molecular flexibility index (Phi) is 7.60. The number of aliphatic carboxylic acids is 1. The van der Waals surface area contributed by atoms with E-state index in [2.05, 4.69) is 13.2 Å². The van der Waals surface area contributed by atoms with Crippen LogP contribution in [0.5, 0.6) is 17.2 Å². The minimum atomic E-state index is -1.06. The summed E-state index contributed by atoms with van der Waals surface area (Å²) >= 11 is 0. The highest BCUT2D eigenvalue weighted by molar-refractivity contribution is 6.12. The Morgan fingerprint density at radius 3 is 2.38 bits per heavy atom. The molecule has 152 valence electrons. The predicted octanol–water partition coefficient (Wildman–Crippen LogP) is 4.33. The molecule has 1 unspecified atom stereocenters. The number of carbonyl (C=O) groups is 2. The number of benzene rings is 2. The van der Waals surface area contributed by atoms with Crippen LogP contribution in [0.2, 0.25) is 0 Å². The lowest BCUT2D eigenvalue weighted by atomic mass is 9.87. The van der Waals surface area contributed by atoms with Gasteiger partial charge in [0.1, 0.15) is 30.5 Å². The number of ether oxygens (including phenoxy) is 2. The van der Waals surface area contributed by atoms with Crippen LogP contribution in [0, 0.1) is 0 Å². The highest BCUT2D eigenvalue weighted by atomic mass is 16.5. The van der Waals surface area contributed by atoms with Crippen molar-refractivity contribution in [2.24, 2.45) is 0 Å². The van der Waals surface area contributed by atoms with Crippen LogP contribution in [-0.4, -0.2) is 35.2 Å². The van der Waals surface area contributed by atoms with Crippen LogP contribution in [0.1, 0.15) is 40.7 Å². The molecule has 0 heterocycles. The van der Waals surface area contributed by atoms with E-state index in [1.54, 1.807) is 37.3 Å². The van der Waals surface area contributed by atoms with Gasteiger partial charge in [-0.25, -0.2) is 0 Å². The predicted molar refractivity (Wildman–Crippen MR) is 110 cm³/mol. The van der Waals surface area contributed by atoms with Crippen LogP contribution >= 0.6 is 0 Å². The van der Waals surface area contributed by atoms with Crippen molar-refractivity contribution < 1.29 is 29.3 Å². The molecule has 0 aliphatic carbocycles. The van der Waals surface area contributed by atoms with Crippen molar-refractivity contribution in [3.8, 4) is 17.2 Å². The molecule has 0 spiro atoms. The zero-order valence-corrected chi connectivity index (χ0v) is 16.3. The van der Waals surface area contributed by atoms with Crippen LogP contribution in [-0.2, 0) is 4.79 Å². The molecule has 0 aliphatic heterocycles. The van der Waals surface area contributed by atoms with Gasteiger partial charge >= 0.3 is 5.97 Å². The van der Waals surface area contributed by atoms with E-state index >= 15 is 0 Å². The number of hydrogen-bond acceptors (Lipinski definition) is 5. The Morgan fingerprint density at radius 1 is 1.10 bits per heavy atom. The molecule has 2 aromatic carbocycles. The van der Waals surface area contributed by atoms with E-state index in [4.69, 9.17) is 9.47 Å². The SMILES string of the molecule is C=CCOc1cc(OCC=C)c(C(=O)c2cccc(O)c2)c(C(CC)C(=O)O)c1. The van der Waals surface area contributed by atoms with Gasteiger partial charge in [0.25, 0.3) is 0 Å². The molecule has 0 amide bonds. The summed E-state index contributed by atoms with van der Waals surface area (Å²) in [5, 5.41) is 19.5. The third kappa shape index (κ3) is 5.25. The smallest absolute Gasteiger partial charge is 0.310 e. The quantitative estimate of drug-likeness (QED) is 0.434. The summed E-state index contributed by atoms with van der Waals surface area (Å²) in [5.41, 5.74) is 0.626. The van der Waals surface area contributed by atoms with Gasteiger partial charge in [-0.1, -0.05) is 44.4 Å². The van der Waals surface area contributed by atoms with Gasteiger partial charge in [-0.2, -0.15) is 0 Å². The monoisotopic (exact) mass is 396 g/mol. The molecule has 2 rings (SSSR count). The number of carbonyl (C=O) groups excluding carboxylic acids is 1. The molecular weight excluding hydrogens is 372 g/mol. The van der Waals surface area contributed by atoms with Crippen LogP contribution in [0.25, 0.3) is 0 Å². The number of rotatable bonds is 11. The number of phenols is 1. The van der Waals surface area contributed by atoms with Gasteiger partial charge < -0.3 is 19.7 Å². The van der Waals surface area contributed by atoms with E-state index in [9.17, 15) is 19.8 Å². The fourth-order valence-corrected chi connectivity index (χ4v) is 2.95. The minimum absolute atomic E-state index is 0.0674. The van der Waals surface area contributed by atoms with Crippen molar-refractivity contribution in [3.63, 3.8) is 0 Å². The zero-order valence-electron chi connectivity index (χ0n) is 16.3. The number of phenolic OH excluding ortho intramolecular Hbond substituents is 1. The van der Waals surface area contributed by atoms with Crippen molar-refractivity contribution in [2.45, 2.75) is 19.3 Å². The van der Waals surface area contributed by atoms with E-state index in [1.807, 2.05) is 0 Å². The number of hydrogen-bond donors (Lipinski definition) is 2. The van der Waals surface area contributed by atoms with Crippen molar-refractivity contribution in [1.29, 1.82) is 0 Å². The van der Waals surface area contributed by atoms with Crippen molar-refractivity contribution in [2.75, 3.05) is 13.2 Å². The molecule has 0 aliphatic rings. The average molecular weight is 396 g/mol. The Morgan fingerprint density at radius 2 is 1.79 bits per heavy atom. The molecular formula is C23H24O6. The first-order valence-electron chi connectivity index (χ1n) is 9.14. The summed E-state index contributed by atoms with van der Waals surface area (Å²) in [4.78, 5) is 25.2. The number of carboxylic acid groups (broad SMARTS) is 1. The lowest BCUT2D eigenvalue weighted by molar-refractivity contribution is -0.138. The second-order valence-corrected chi connectivity index (χ2v) is 6.26. The molecule has 0 radical (unpaired) electrons. The van der Waals surface area contributed by atoms with Crippen molar-refractivity contribution in [1.82, 2.24) is 0 Å². The maximum Gasteiger partial charge on any atom is 0.310 e. The molecule has 1 atom stereocenters. The fourth-order valence-electron chi connectivity index (χ4n) is 2.95. The average Bonchev–Trinajstić information content (AvgIpc) is 2.70. The summed E-state index contributed by atoms with van der Waals surface area (Å²) in [5.74, 6) is -1.97. The fraction of sp³-hybridized carbons (Fsp3) is 0.217. The second kappa shape index (κ2) is 10.1. The molecule has 0 saturated heterocycles. The van der Waals surface area contributed by atoms with Gasteiger partial charge in [0.2, 0.25) is 0 Å². The van der Waals surface area contributed by atoms with E-state index in [1.165, 1.54) is 18.2 Å². The van der Waals surface area contributed by atoms with Crippen LogP contribution in [0.15, 0.2) is 61.7 Å². The molecule has 0 bridgehead atoms. The highest BCUT2D eigenvalue weighted by Gasteiger charge is 2.29. The van der Waals surface area contributed by atoms with Crippen molar-refractivity contribution >= 4 is 11.8 Å². The van der Waals surface area contributed by atoms with Gasteiger partial charge in [-0.05, 0) is 30.2 Å². The van der Waals surface area contributed by atoms with Crippen LogP contribution in [0.3, 0.4) is 0 Å². The van der Waals surface area contributed by atoms with Gasteiger partial charge in [0.15, 0.2) is 5.78 Å². The molecule has 2 aromatic rings. The maximum absolute atomic E-state index is 13.3. The normalized spacial score (nSPS) is 11.3. The molecule has 0 aromatic heterocycles. The Bertz CT molecular complexity index is 916. The standard InChI is InChI=1S/C23H24O6/c1-4-10-28-17-13-19(18(6-3)23(26)27)21(20(14-17)29-11-5-2)22(25)15-8-7-9-16(24)12-15/h4-5,7-9,12-14,18,24H,1-2,6,10-11H2,3H3,(H,26,27). The van der Waals surface area contributed by atoms with E-state index in [-0.39, 0.29) is 47.8 Å². The Balaban J connectivity index is 2.74. The lowest BCUT2D eigenvalue weighted by Gasteiger charge is -2.20. The largest absolute Gasteiger partial charge is 0.508 e. The summed E-state index contributed by atoms with van der Waals surface area (Å²) in [7, 11) is 0. The number of carboxylic acids is 1. The topological polar surface area (TPSA) is 93.1 Å². The van der Waals surface area contributed by atoms with Gasteiger partial charge in [-0.3, -0.25) is 9.59 Å². The first-order valence-corrected chi connectivity index (χ1v) is 9.14. The molecule has 29 heavy (non-hydrogen) atoms. The number of ketones is 1. The van der Waals surface area contributed by atoms with E-state index in [0.717, 1.165) is 0 Å². The molecule has 0 fully saturated rings. The van der Waals surface area contributed by atoms with Gasteiger partial charge in [0, 0.05) is 11.6 Å². The van der Waals surface area contributed by atoms with Gasteiger partial charge in [0.05, 0.1) is 11.5 Å². The van der Waals surface area contributed by atoms with Crippen molar-refractivity contribution in [3.05, 3.63) is 78.4 Å². The van der Waals surface area contributed by atoms with E-state index in [0.29, 0.717) is 5.75 Å². The van der Waals surface area contributed by atoms with Crippen LogP contribution < -0.4 is 9.47 Å². The third-order valence-electron chi connectivity index (χ3n) is 4.25. The summed E-state index contributed by atoms with van der Waals surface area (Å²) in [6.45, 7) is 9.27. The van der Waals surface area contributed by atoms with E-state index < -0.39 is 17.7 Å². The van der Waals surface area contributed by atoms with Gasteiger partial charge in [-0.15, -0.1) is 0 Å². The first-order chi connectivity index (χ1) is 13.9. The maximum atomic E-state index is 13.3. The van der Waals surface area contributed by atoms with Crippen LogP contribution in [0.4, 0.5) is 0 Å². The lowest BCUT2D eigenvalue weighted by Crippen LogP contribution is -2.17. The Hall–Kier alpha value is -3.54. The summed E-state index contributed by atoms with van der Waals surface area (Å²) in [6.07, 6.45) is 3.35. The molecule has 0 saturated carbocycles. The minimum Gasteiger partial charge on any atom is -0.508 e. The first kappa shape index (κ1) is 21.8. The molecule has 6 nitrogen and oxygen atoms in total. The number of aromatic hydroxyl groups is 1.